The van der Waals surface area contributed by atoms with E-state index in [2.05, 4.69) is 21.5 Å². The Hall–Kier alpha value is -0.910. The minimum atomic E-state index is 0.0411. The van der Waals surface area contributed by atoms with Crippen molar-refractivity contribution in [2.24, 2.45) is 13.0 Å². The molecule has 2 saturated heterocycles. The lowest BCUT2D eigenvalue weighted by Gasteiger charge is -2.23. The first-order valence-corrected chi connectivity index (χ1v) is 8.17. The topological polar surface area (TPSA) is 39.5 Å². The van der Waals surface area contributed by atoms with Gasteiger partial charge in [-0.1, -0.05) is 0 Å². The molecule has 1 aliphatic carbocycles. The second-order valence-electron chi connectivity index (χ2n) is 7.01. The number of nitrogens with zero attached hydrogens (tertiary/aromatic N) is 3. The Morgan fingerprint density at radius 1 is 1.48 bits per heavy atom. The number of hydrogen-bond donors (Lipinski definition) is 0. The van der Waals surface area contributed by atoms with E-state index in [4.69, 9.17) is 9.47 Å². The highest BCUT2D eigenvalue weighted by atomic mass is 16.6. The SMILES string of the molecule is Cn1ccnc1CN1CCC2(CC(OCC3CC3)CO2)C1. The van der Waals surface area contributed by atoms with E-state index < -0.39 is 0 Å². The first-order valence-electron chi connectivity index (χ1n) is 8.17. The van der Waals surface area contributed by atoms with Gasteiger partial charge in [-0.3, -0.25) is 4.90 Å². The van der Waals surface area contributed by atoms with Crippen LogP contribution >= 0.6 is 0 Å². The summed E-state index contributed by atoms with van der Waals surface area (Å²) in [4.78, 5) is 6.88. The molecule has 1 aromatic heterocycles. The summed E-state index contributed by atoms with van der Waals surface area (Å²) < 4.78 is 14.3. The first kappa shape index (κ1) is 13.7. The number of likely N-dealkylation sites (tertiary alicyclic amines) is 1. The molecule has 0 bridgehead atoms. The van der Waals surface area contributed by atoms with Crippen molar-refractivity contribution in [1.29, 1.82) is 0 Å². The van der Waals surface area contributed by atoms with E-state index in [-0.39, 0.29) is 5.60 Å². The van der Waals surface area contributed by atoms with Gasteiger partial charge < -0.3 is 14.0 Å². The standard InChI is InChI=1S/C16H25N3O2/c1-18-7-5-17-15(18)9-19-6-4-16(12-19)8-14(11-21-16)20-10-13-2-3-13/h5,7,13-14H,2-4,6,8-12H2,1H3. The van der Waals surface area contributed by atoms with Gasteiger partial charge in [0.2, 0.25) is 0 Å². The number of ether oxygens (including phenoxy) is 2. The molecule has 1 saturated carbocycles. The molecule has 21 heavy (non-hydrogen) atoms. The Morgan fingerprint density at radius 2 is 2.38 bits per heavy atom. The summed E-state index contributed by atoms with van der Waals surface area (Å²) in [7, 11) is 2.06. The molecule has 2 atom stereocenters. The lowest BCUT2D eigenvalue weighted by Crippen LogP contribution is -2.33. The van der Waals surface area contributed by atoms with Crippen LogP contribution in [0.2, 0.25) is 0 Å². The van der Waals surface area contributed by atoms with E-state index in [1.165, 1.54) is 12.8 Å². The molecular formula is C16H25N3O2. The van der Waals surface area contributed by atoms with Crippen molar-refractivity contribution in [3.05, 3.63) is 18.2 Å². The molecule has 3 heterocycles. The summed E-state index contributed by atoms with van der Waals surface area (Å²) in [5, 5.41) is 0. The van der Waals surface area contributed by atoms with Crippen LogP contribution in [0.4, 0.5) is 0 Å². The zero-order valence-corrected chi connectivity index (χ0v) is 12.8. The van der Waals surface area contributed by atoms with Crippen molar-refractivity contribution in [2.45, 2.75) is 43.9 Å². The van der Waals surface area contributed by atoms with Crippen LogP contribution in [-0.4, -0.2) is 52.5 Å². The summed E-state index contributed by atoms with van der Waals surface area (Å²) in [6, 6.07) is 0. The molecule has 1 spiro atoms. The Balaban J connectivity index is 1.30. The van der Waals surface area contributed by atoms with Crippen LogP contribution in [0.25, 0.3) is 0 Å². The van der Waals surface area contributed by atoms with Crippen LogP contribution < -0.4 is 0 Å². The van der Waals surface area contributed by atoms with Gasteiger partial charge in [0, 0.05) is 45.6 Å². The van der Waals surface area contributed by atoms with Gasteiger partial charge in [-0.2, -0.15) is 0 Å². The summed E-state index contributed by atoms with van der Waals surface area (Å²) in [6.45, 7) is 4.76. The van der Waals surface area contributed by atoms with Gasteiger partial charge in [0.25, 0.3) is 0 Å². The van der Waals surface area contributed by atoms with Gasteiger partial charge >= 0.3 is 0 Å². The molecule has 0 aromatic carbocycles. The number of rotatable bonds is 5. The van der Waals surface area contributed by atoms with Crippen molar-refractivity contribution in [1.82, 2.24) is 14.5 Å². The van der Waals surface area contributed by atoms with Crippen LogP contribution in [0.1, 0.15) is 31.5 Å². The van der Waals surface area contributed by atoms with E-state index in [0.717, 1.165) is 57.4 Å². The molecule has 3 fully saturated rings. The Bertz CT molecular complexity index is 499. The van der Waals surface area contributed by atoms with Crippen LogP contribution in [0, 0.1) is 5.92 Å². The van der Waals surface area contributed by atoms with E-state index in [0.29, 0.717) is 6.10 Å². The fourth-order valence-corrected chi connectivity index (χ4v) is 3.56. The largest absolute Gasteiger partial charge is 0.375 e. The summed E-state index contributed by atoms with van der Waals surface area (Å²) in [6.07, 6.45) is 9.10. The number of aromatic nitrogens is 2. The maximum Gasteiger partial charge on any atom is 0.122 e. The van der Waals surface area contributed by atoms with Gasteiger partial charge in [0.1, 0.15) is 5.82 Å². The molecule has 5 heteroatoms. The predicted octanol–water partition coefficient (Wildman–Crippen LogP) is 1.58. The molecular weight excluding hydrogens is 266 g/mol. The maximum atomic E-state index is 6.15. The van der Waals surface area contributed by atoms with Crippen molar-refractivity contribution >= 4 is 0 Å². The second-order valence-corrected chi connectivity index (χ2v) is 7.01. The molecule has 0 N–H and O–H groups in total. The predicted molar refractivity (Wildman–Crippen MR) is 78.9 cm³/mol. The third kappa shape index (κ3) is 3.00. The second kappa shape index (κ2) is 5.38. The van der Waals surface area contributed by atoms with Gasteiger partial charge in [0.05, 0.1) is 24.9 Å². The van der Waals surface area contributed by atoms with Crippen molar-refractivity contribution in [3.8, 4) is 0 Å². The van der Waals surface area contributed by atoms with Gasteiger partial charge in [-0.05, 0) is 25.2 Å². The molecule has 2 unspecified atom stereocenters. The van der Waals surface area contributed by atoms with E-state index in [1.807, 2.05) is 12.4 Å². The first-order chi connectivity index (χ1) is 10.2. The number of aryl methyl sites for hydroxylation is 1. The van der Waals surface area contributed by atoms with Crippen LogP contribution in [-0.2, 0) is 23.1 Å². The van der Waals surface area contributed by atoms with Crippen molar-refractivity contribution in [3.63, 3.8) is 0 Å². The molecule has 1 aromatic rings. The fourth-order valence-electron chi connectivity index (χ4n) is 3.56. The molecule has 0 radical (unpaired) electrons. The molecule has 116 valence electrons. The smallest absolute Gasteiger partial charge is 0.122 e. The summed E-state index contributed by atoms with van der Waals surface area (Å²) in [5.41, 5.74) is 0.0411. The van der Waals surface area contributed by atoms with Gasteiger partial charge in [-0.25, -0.2) is 4.98 Å². The Labute approximate surface area is 126 Å². The minimum Gasteiger partial charge on any atom is -0.375 e. The minimum absolute atomic E-state index is 0.0411. The van der Waals surface area contributed by atoms with E-state index >= 15 is 0 Å². The van der Waals surface area contributed by atoms with Gasteiger partial charge in [-0.15, -0.1) is 0 Å². The number of imidazole rings is 1. The average molecular weight is 291 g/mol. The highest BCUT2D eigenvalue weighted by molar-refractivity contribution is 5.00. The summed E-state index contributed by atoms with van der Waals surface area (Å²) >= 11 is 0. The third-order valence-electron chi connectivity index (χ3n) is 5.12. The molecule has 4 rings (SSSR count). The zero-order valence-electron chi connectivity index (χ0n) is 12.8. The van der Waals surface area contributed by atoms with Crippen LogP contribution in [0.5, 0.6) is 0 Å². The molecule has 3 aliphatic rings. The van der Waals surface area contributed by atoms with Crippen molar-refractivity contribution < 1.29 is 9.47 Å². The molecule has 2 aliphatic heterocycles. The maximum absolute atomic E-state index is 6.15. The highest BCUT2D eigenvalue weighted by Crippen LogP contribution is 2.37. The third-order valence-corrected chi connectivity index (χ3v) is 5.12. The lowest BCUT2D eigenvalue weighted by molar-refractivity contribution is 0.000711. The monoisotopic (exact) mass is 291 g/mol. The fraction of sp³-hybridized carbons (Fsp3) is 0.812. The number of hydrogen-bond acceptors (Lipinski definition) is 4. The van der Waals surface area contributed by atoms with Gasteiger partial charge in [0.15, 0.2) is 0 Å². The van der Waals surface area contributed by atoms with Crippen LogP contribution in [0.3, 0.4) is 0 Å². The highest BCUT2D eigenvalue weighted by Gasteiger charge is 2.46. The zero-order chi connectivity index (χ0) is 14.3. The van der Waals surface area contributed by atoms with Crippen molar-refractivity contribution in [2.75, 3.05) is 26.3 Å². The molecule has 5 nitrogen and oxygen atoms in total. The van der Waals surface area contributed by atoms with E-state index in [9.17, 15) is 0 Å². The average Bonchev–Trinajstić information content (AvgIpc) is 2.90. The summed E-state index contributed by atoms with van der Waals surface area (Å²) in [5.74, 6) is 1.97. The van der Waals surface area contributed by atoms with Crippen LogP contribution in [0.15, 0.2) is 12.4 Å². The van der Waals surface area contributed by atoms with E-state index in [1.54, 1.807) is 0 Å². The lowest BCUT2D eigenvalue weighted by atomic mass is 9.98. The Morgan fingerprint density at radius 3 is 3.14 bits per heavy atom. The molecule has 0 amide bonds. The normalized spacial score (nSPS) is 33.3. The Kier molecular flexibility index (Phi) is 3.52. The quantitative estimate of drug-likeness (QED) is 0.826.